The number of nitrogens with one attached hydrogen (secondary N) is 1. The molecule has 0 aromatic heterocycles. The van der Waals surface area contributed by atoms with Crippen molar-refractivity contribution in [2.24, 2.45) is 0 Å². The smallest absolute Gasteiger partial charge is 0.450 e. The Bertz CT molecular complexity index is 108. The molecule has 0 rings (SSSR count). The first-order valence-electron chi connectivity index (χ1n) is 3.22. The van der Waals surface area contributed by atoms with Crippen molar-refractivity contribution in [3.63, 3.8) is 0 Å². The molecule has 0 aromatic rings. The maximum absolute atomic E-state index is 9.79. The summed E-state index contributed by atoms with van der Waals surface area (Å²) in [7, 11) is 0. The zero-order valence-corrected chi connectivity index (χ0v) is 7.48. The number of carboxylic acid groups (broad SMARTS) is 1. The summed E-state index contributed by atoms with van der Waals surface area (Å²) in [6.07, 6.45) is -1.22. The van der Waals surface area contributed by atoms with E-state index in [0.717, 1.165) is 0 Å². The Morgan fingerprint density at radius 2 is 2.18 bits per heavy atom. The quantitative estimate of drug-likeness (QED) is 0.506. The van der Waals surface area contributed by atoms with Crippen LogP contribution in [0, 0.1) is 0 Å². The van der Waals surface area contributed by atoms with E-state index in [1.165, 1.54) is 0 Å². The lowest BCUT2D eigenvalue weighted by molar-refractivity contribution is 0.0919. The number of hydrogen-bond acceptors (Lipinski definition) is 3. The number of rotatable bonds is 4. The Morgan fingerprint density at radius 1 is 1.64 bits per heavy atom. The molecule has 0 fully saturated rings. The molecular weight excluding hydrogens is 170 g/mol. The van der Waals surface area contributed by atoms with E-state index >= 15 is 0 Å². The molecule has 0 aliphatic carbocycles. The van der Waals surface area contributed by atoms with Gasteiger partial charge >= 0.3 is 6.16 Å². The minimum atomic E-state index is -1.22. The van der Waals surface area contributed by atoms with E-state index in [1.807, 2.05) is 13.8 Å². The molecular formula is C6H14ClNO3. The maximum atomic E-state index is 9.79. The Labute approximate surface area is 72.3 Å². The van der Waals surface area contributed by atoms with Crippen LogP contribution in [-0.4, -0.2) is 30.5 Å². The largest absolute Gasteiger partial charge is 0.505 e. The van der Waals surface area contributed by atoms with Gasteiger partial charge in [0.05, 0.1) is 0 Å². The van der Waals surface area contributed by atoms with Crippen molar-refractivity contribution < 1.29 is 14.6 Å². The van der Waals surface area contributed by atoms with Crippen LogP contribution in [0.1, 0.15) is 13.8 Å². The second kappa shape index (κ2) is 7.63. The summed E-state index contributed by atoms with van der Waals surface area (Å²) < 4.78 is 4.25. The molecule has 5 heteroatoms. The Morgan fingerprint density at radius 3 is 2.55 bits per heavy atom. The van der Waals surface area contributed by atoms with Gasteiger partial charge in [0, 0.05) is 12.6 Å². The van der Waals surface area contributed by atoms with E-state index in [2.05, 4.69) is 10.1 Å². The van der Waals surface area contributed by atoms with E-state index in [-0.39, 0.29) is 19.0 Å². The number of ether oxygens (including phenoxy) is 1. The van der Waals surface area contributed by atoms with E-state index in [1.54, 1.807) is 0 Å². The van der Waals surface area contributed by atoms with Crippen LogP contribution in [0.4, 0.5) is 4.79 Å². The first kappa shape index (κ1) is 13.1. The standard InChI is InChI=1S/C6H13NO3.ClH/c1-5(2)7-3-4-10-6(8)9;/h5,7H,3-4H2,1-2H3,(H,8,9);1H. The molecule has 0 bridgehead atoms. The first-order valence-corrected chi connectivity index (χ1v) is 3.22. The van der Waals surface area contributed by atoms with Crippen LogP contribution in [0.25, 0.3) is 0 Å². The van der Waals surface area contributed by atoms with E-state index in [0.29, 0.717) is 12.6 Å². The van der Waals surface area contributed by atoms with Crippen LogP contribution in [-0.2, 0) is 4.74 Å². The number of halogens is 1. The van der Waals surface area contributed by atoms with Gasteiger partial charge in [-0.05, 0) is 0 Å². The molecule has 0 saturated heterocycles. The SMILES string of the molecule is CC(C)NCCOC(=O)O.Cl. The second-order valence-corrected chi connectivity index (χ2v) is 2.22. The molecule has 68 valence electrons. The maximum Gasteiger partial charge on any atom is 0.505 e. The van der Waals surface area contributed by atoms with Gasteiger partial charge in [-0.25, -0.2) is 4.79 Å². The van der Waals surface area contributed by atoms with Gasteiger partial charge in [0.2, 0.25) is 0 Å². The molecule has 0 heterocycles. The normalized spacial score (nSPS) is 9.00. The molecule has 0 spiro atoms. The second-order valence-electron chi connectivity index (χ2n) is 2.22. The zero-order valence-electron chi connectivity index (χ0n) is 6.66. The average Bonchev–Trinajstić information content (AvgIpc) is 1.79. The van der Waals surface area contributed by atoms with Gasteiger partial charge in [0.25, 0.3) is 0 Å². The lowest BCUT2D eigenvalue weighted by Crippen LogP contribution is -2.27. The van der Waals surface area contributed by atoms with Crippen LogP contribution in [0.15, 0.2) is 0 Å². The number of carbonyl (C=O) groups is 1. The molecule has 0 amide bonds. The Hall–Kier alpha value is -0.480. The molecule has 2 N–H and O–H groups in total. The van der Waals surface area contributed by atoms with Crippen molar-refractivity contribution in [3.8, 4) is 0 Å². The van der Waals surface area contributed by atoms with E-state index < -0.39 is 6.16 Å². The van der Waals surface area contributed by atoms with Crippen LogP contribution < -0.4 is 5.32 Å². The van der Waals surface area contributed by atoms with Gasteiger partial charge in [-0.2, -0.15) is 0 Å². The van der Waals surface area contributed by atoms with Gasteiger partial charge < -0.3 is 15.2 Å². The molecule has 0 unspecified atom stereocenters. The highest BCUT2D eigenvalue weighted by Crippen LogP contribution is 1.77. The predicted molar refractivity (Wildman–Crippen MR) is 44.4 cm³/mol. The van der Waals surface area contributed by atoms with Gasteiger partial charge in [0.15, 0.2) is 0 Å². The van der Waals surface area contributed by atoms with Crippen molar-refractivity contribution in [1.82, 2.24) is 5.32 Å². The van der Waals surface area contributed by atoms with Crippen molar-refractivity contribution in [2.45, 2.75) is 19.9 Å². The van der Waals surface area contributed by atoms with Crippen LogP contribution in [0.2, 0.25) is 0 Å². The molecule has 0 aliphatic rings. The fraction of sp³-hybridized carbons (Fsp3) is 0.833. The number of hydrogen-bond donors (Lipinski definition) is 2. The molecule has 0 atom stereocenters. The Kier molecular flexibility index (Phi) is 9.10. The van der Waals surface area contributed by atoms with Crippen LogP contribution >= 0.6 is 12.4 Å². The van der Waals surface area contributed by atoms with Gasteiger partial charge in [0.1, 0.15) is 6.61 Å². The molecule has 4 nitrogen and oxygen atoms in total. The summed E-state index contributed by atoms with van der Waals surface area (Å²) in [5.41, 5.74) is 0. The Balaban J connectivity index is 0. The topological polar surface area (TPSA) is 58.6 Å². The van der Waals surface area contributed by atoms with Crippen molar-refractivity contribution >= 4 is 18.6 Å². The van der Waals surface area contributed by atoms with Crippen molar-refractivity contribution in [1.29, 1.82) is 0 Å². The summed E-state index contributed by atoms with van der Waals surface area (Å²) in [6.45, 7) is 4.76. The first-order chi connectivity index (χ1) is 4.63. The van der Waals surface area contributed by atoms with E-state index in [9.17, 15) is 4.79 Å². The molecule has 11 heavy (non-hydrogen) atoms. The van der Waals surface area contributed by atoms with Gasteiger partial charge in [-0.15, -0.1) is 12.4 Å². The third kappa shape index (κ3) is 12.7. The lowest BCUT2D eigenvalue weighted by Gasteiger charge is -2.06. The van der Waals surface area contributed by atoms with Crippen molar-refractivity contribution in [3.05, 3.63) is 0 Å². The minimum Gasteiger partial charge on any atom is -0.450 e. The zero-order chi connectivity index (χ0) is 7.98. The molecule has 0 saturated carbocycles. The minimum absolute atomic E-state index is 0. The highest BCUT2D eigenvalue weighted by molar-refractivity contribution is 5.85. The summed E-state index contributed by atoms with van der Waals surface area (Å²) >= 11 is 0. The monoisotopic (exact) mass is 183 g/mol. The molecule has 0 aromatic carbocycles. The fourth-order valence-electron chi connectivity index (χ4n) is 0.486. The summed E-state index contributed by atoms with van der Waals surface area (Å²) in [5.74, 6) is 0. The molecule has 0 radical (unpaired) electrons. The van der Waals surface area contributed by atoms with Crippen LogP contribution in [0.5, 0.6) is 0 Å². The average molecular weight is 184 g/mol. The third-order valence-electron chi connectivity index (χ3n) is 0.880. The molecule has 0 aliphatic heterocycles. The third-order valence-corrected chi connectivity index (χ3v) is 0.880. The highest BCUT2D eigenvalue weighted by Gasteiger charge is 1.95. The van der Waals surface area contributed by atoms with Gasteiger partial charge in [-0.1, -0.05) is 13.8 Å². The van der Waals surface area contributed by atoms with Gasteiger partial charge in [-0.3, -0.25) is 0 Å². The summed E-state index contributed by atoms with van der Waals surface area (Å²) in [4.78, 5) is 9.79. The summed E-state index contributed by atoms with van der Waals surface area (Å²) in [5, 5.41) is 11.0. The van der Waals surface area contributed by atoms with Crippen molar-refractivity contribution in [2.75, 3.05) is 13.2 Å². The lowest BCUT2D eigenvalue weighted by atomic mass is 10.4. The van der Waals surface area contributed by atoms with E-state index in [4.69, 9.17) is 5.11 Å². The fourth-order valence-corrected chi connectivity index (χ4v) is 0.486. The predicted octanol–water partition coefficient (Wildman–Crippen LogP) is 1.10. The summed E-state index contributed by atoms with van der Waals surface area (Å²) in [6, 6.07) is 0.373. The van der Waals surface area contributed by atoms with Crippen LogP contribution in [0.3, 0.4) is 0 Å². The highest BCUT2D eigenvalue weighted by atomic mass is 35.5.